The van der Waals surface area contributed by atoms with Crippen LogP contribution in [0.5, 0.6) is 11.5 Å². The molecule has 0 bridgehead atoms. The van der Waals surface area contributed by atoms with Gasteiger partial charge in [-0.05, 0) is 52.7 Å². The smallest absolute Gasteiger partial charge is 0.130 e. The number of nitrogens with zero attached hydrogens (tertiary/aromatic N) is 1. The lowest BCUT2D eigenvalue weighted by molar-refractivity contribution is 0.475. The first-order valence-electron chi connectivity index (χ1n) is 5.24. The molecular weight excluding hydrogens is 297 g/mol. The van der Waals surface area contributed by atoms with E-state index in [9.17, 15) is 4.39 Å². The van der Waals surface area contributed by atoms with Gasteiger partial charge in [0.25, 0.3) is 0 Å². The Balaban J connectivity index is 2.26. The summed E-state index contributed by atoms with van der Waals surface area (Å²) in [5.41, 5.74) is 1.10. The summed E-state index contributed by atoms with van der Waals surface area (Å²) in [4.78, 5) is 0. The molecule has 0 heterocycles. The molecule has 2 nitrogen and oxygen atoms in total. The fourth-order valence-electron chi connectivity index (χ4n) is 1.42. The van der Waals surface area contributed by atoms with Crippen LogP contribution in [0.1, 0.15) is 11.1 Å². The average Bonchev–Trinajstić information content (AvgIpc) is 2.34. The first-order valence-corrected chi connectivity index (χ1v) is 6.03. The summed E-state index contributed by atoms with van der Waals surface area (Å²) in [7, 11) is 0. The fraction of sp³-hybridized carbons (Fsp3) is 0.0714. The monoisotopic (exact) mass is 305 g/mol. The number of benzene rings is 2. The highest BCUT2D eigenvalue weighted by Gasteiger charge is 2.04. The van der Waals surface area contributed by atoms with Crippen molar-refractivity contribution in [3.8, 4) is 17.6 Å². The number of halogens is 2. The van der Waals surface area contributed by atoms with Gasteiger partial charge in [0.2, 0.25) is 0 Å². The number of nitriles is 1. The molecule has 0 N–H and O–H groups in total. The molecule has 0 radical (unpaired) electrons. The molecule has 2 aromatic rings. The molecular formula is C14H9BrFNO. The van der Waals surface area contributed by atoms with Crippen molar-refractivity contribution in [1.82, 2.24) is 0 Å². The van der Waals surface area contributed by atoms with E-state index in [1.54, 1.807) is 37.3 Å². The Morgan fingerprint density at radius 3 is 2.44 bits per heavy atom. The second-order valence-corrected chi connectivity index (χ2v) is 4.62. The number of hydrogen-bond acceptors (Lipinski definition) is 2. The van der Waals surface area contributed by atoms with Crippen molar-refractivity contribution in [2.75, 3.05) is 0 Å². The van der Waals surface area contributed by atoms with Gasteiger partial charge in [0.15, 0.2) is 0 Å². The largest absolute Gasteiger partial charge is 0.457 e. The van der Waals surface area contributed by atoms with Gasteiger partial charge < -0.3 is 4.74 Å². The fourth-order valence-corrected chi connectivity index (χ4v) is 1.87. The molecule has 0 atom stereocenters. The SMILES string of the molecule is Cc1ccc(Oc2ccc(C#N)c(Br)c2)cc1F. The van der Waals surface area contributed by atoms with Gasteiger partial charge in [-0.15, -0.1) is 0 Å². The Kier molecular flexibility index (Phi) is 3.63. The van der Waals surface area contributed by atoms with E-state index in [4.69, 9.17) is 10.00 Å². The molecule has 0 aromatic heterocycles. The Morgan fingerprint density at radius 1 is 1.17 bits per heavy atom. The van der Waals surface area contributed by atoms with Crippen molar-refractivity contribution in [2.45, 2.75) is 6.92 Å². The molecule has 0 fully saturated rings. The predicted octanol–water partition coefficient (Wildman–Crippen LogP) is 4.56. The van der Waals surface area contributed by atoms with Crippen LogP contribution in [0.2, 0.25) is 0 Å². The summed E-state index contributed by atoms with van der Waals surface area (Å²) >= 11 is 3.27. The molecule has 18 heavy (non-hydrogen) atoms. The maximum Gasteiger partial charge on any atom is 0.130 e. The Bertz CT molecular complexity index is 634. The van der Waals surface area contributed by atoms with Crippen molar-refractivity contribution in [2.24, 2.45) is 0 Å². The van der Waals surface area contributed by atoms with Gasteiger partial charge in [0, 0.05) is 10.5 Å². The van der Waals surface area contributed by atoms with Crippen molar-refractivity contribution in [1.29, 1.82) is 5.26 Å². The van der Waals surface area contributed by atoms with Gasteiger partial charge in [0.05, 0.1) is 5.56 Å². The van der Waals surface area contributed by atoms with E-state index in [1.807, 2.05) is 6.07 Å². The van der Waals surface area contributed by atoms with Gasteiger partial charge in [-0.1, -0.05) is 6.07 Å². The Morgan fingerprint density at radius 2 is 1.83 bits per heavy atom. The van der Waals surface area contributed by atoms with Gasteiger partial charge in [0.1, 0.15) is 23.4 Å². The second kappa shape index (κ2) is 5.19. The zero-order valence-electron chi connectivity index (χ0n) is 9.58. The maximum absolute atomic E-state index is 13.3. The van der Waals surface area contributed by atoms with Gasteiger partial charge in [-0.3, -0.25) is 0 Å². The van der Waals surface area contributed by atoms with Crippen LogP contribution < -0.4 is 4.74 Å². The summed E-state index contributed by atoms with van der Waals surface area (Å²) in [5, 5.41) is 8.80. The predicted molar refractivity (Wildman–Crippen MR) is 70.1 cm³/mol. The van der Waals surface area contributed by atoms with E-state index in [-0.39, 0.29) is 5.82 Å². The number of aryl methyl sites for hydroxylation is 1. The van der Waals surface area contributed by atoms with Crippen molar-refractivity contribution >= 4 is 15.9 Å². The zero-order valence-corrected chi connectivity index (χ0v) is 11.2. The molecule has 0 aliphatic heterocycles. The Hall–Kier alpha value is -1.86. The van der Waals surface area contributed by atoms with E-state index in [0.29, 0.717) is 27.1 Å². The lowest BCUT2D eigenvalue weighted by Crippen LogP contribution is -1.88. The molecule has 0 amide bonds. The van der Waals surface area contributed by atoms with Crippen molar-refractivity contribution in [3.05, 3.63) is 57.8 Å². The molecule has 2 aromatic carbocycles. The number of hydrogen-bond donors (Lipinski definition) is 0. The van der Waals surface area contributed by atoms with Crippen LogP contribution in [-0.2, 0) is 0 Å². The highest BCUT2D eigenvalue weighted by atomic mass is 79.9. The molecule has 90 valence electrons. The van der Waals surface area contributed by atoms with Gasteiger partial charge >= 0.3 is 0 Å². The minimum atomic E-state index is -0.305. The molecule has 0 aliphatic carbocycles. The van der Waals surface area contributed by atoms with Crippen LogP contribution in [0.25, 0.3) is 0 Å². The maximum atomic E-state index is 13.3. The standard InChI is InChI=1S/C14H9BrFNO/c1-9-2-4-12(7-14(9)16)18-11-5-3-10(8-17)13(15)6-11/h2-7H,1H3. The average molecular weight is 306 g/mol. The minimum Gasteiger partial charge on any atom is -0.457 e. The summed E-state index contributed by atoms with van der Waals surface area (Å²) in [6, 6.07) is 11.7. The van der Waals surface area contributed by atoms with Crippen LogP contribution in [0.4, 0.5) is 4.39 Å². The lowest BCUT2D eigenvalue weighted by Gasteiger charge is -2.07. The quantitative estimate of drug-likeness (QED) is 0.815. The molecule has 0 saturated heterocycles. The van der Waals surface area contributed by atoms with E-state index >= 15 is 0 Å². The third kappa shape index (κ3) is 2.69. The molecule has 0 saturated carbocycles. The lowest BCUT2D eigenvalue weighted by atomic mass is 10.2. The van der Waals surface area contributed by atoms with E-state index in [1.165, 1.54) is 6.07 Å². The first-order chi connectivity index (χ1) is 8.60. The third-order valence-electron chi connectivity index (χ3n) is 2.44. The second-order valence-electron chi connectivity index (χ2n) is 3.77. The molecule has 2 rings (SSSR count). The molecule has 0 unspecified atom stereocenters. The van der Waals surface area contributed by atoms with Crippen LogP contribution in [-0.4, -0.2) is 0 Å². The topological polar surface area (TPSA) is 33.0 Å². The first kappa shape index (κ1) is 12.6. The zero-order chi connectivity index (χ0) is 13.1. The highest BCUT2D eigenvalue weighted by Crippen LogP contribution is 2.27. The van der Waals surface area contributed by atoms with Crippen LogP contribution >= 0.6 is 15.9 Å². The Labute approximate surface area is 113 Å². The van der Waals surface area contributed by atoms with Gasteiger partial charge in [-0.25, -0.2) is 4.39 Å². The van der Waals surface area contributed by atoms with Crippen molar-refractivity contribution < 1.29 is 9.13 Å². The van der Waals surface area contributed by atoms with Crippen LogP contribution in [0.3, 0.4) is 0 Å². The van der Waals surface area contributed by atoms with Crippen LogP contribution in [0, 0.1) is 24.1 Å². The van der Waals surface area contributed by atoms with Crippen LogP contribution in [0.15, 0.2) is 40.9 Å². The molecule has 0 spiro atoms. The van der Waals surface area contributed by atoms with Crippen molar-refractivity contribution in [3.63, 3.8) is 0 Å². The minimum absolute atomic E-state index is 0.305. The van der Waals surface area contributed by atoms with E-state index in [0.717, 1.165) is 0 Å². The summed E-state index contributed by atoms with van der Waals surface area (Å²) in [6.07, 6.45) is 0. The summed E-state index contributed by atoms with van der Waals surface area (Å²) in [5.74, 6) is 0.666. The highest BCUT2D eigenvalue weighted by molar-refractivity contribution is 9.10. The summed E-state index contributed by atoms with van der Waals surface area (Å²) in [6.45, 7) is 1.69. The van der Waals surface area contributed by atoms with E-state index < -0.39 is 0 Å². The normalized spacial score (nSPS) is 9.89. The third-order valence-corrected chi connectivity index (χ3v) is 3.10. The number of ether oxygens (including phenoxy) is 1. The van der Waals surface area contributed by atoms with Gasteiger partial charge in [-0.2, -0.15) is 5.26 Å². The molecule has 0 aliphatic rings. The van der Waals surface area contributed by atoms with E-state index in [2.05, 4.69) is 15.9 Å². The number of rotatable bonds is 2. The summed E-state index contributed by atoms with van der Waals surface area (Å²) < 4.78 is 19.5. The molecule has 4 heteroatoms.